The predicted octanol–water partition coefficient (Wildman–Crippen LogP) is 3.71. The van der Waals surface area contributed by atoms with Crippen LogP contribution in [0.3, 0.4) is 0 Å². The van der Waals surface area contributed by atoms with Crippen molar-refractivity contribution in [1.82, 2.24) is 0 Å². The molecule has 0 atom stereocenters. The summed E-state index contributed by atoms with van der Waals surface area (Å²) in [5.41, 5.74) is 10.6. The molecule has 94 valence electrons. The van der Waals surface area contributed by atoms with Crippen LogP contribution < -0.4 is 5.73 Å². The Kier molecular flexibility index (Phi) is 3.58. The highest BCUT2D eigenvalue weighted by atomic mass is 14.6. The summed E-state index contributed by atoms with van der Waals surface area (Å²) in [6.45, 7) is 7.53. The Labute approximate surface area is 105 Å². The minimum Gasteiger partial charge on any atom is -0.330 e. The molecular formula is C16H25N. The number of benzene rings is 1. The van der Waals surface area contributed by atoms with Crippen LogP contribution in [0.5, 0.6) is 0 Å². The number of hydrogen-bond acceptors (Lipinski definition) is 1. The van der Waals surface area contributed by atoms with E-state index in [9.17, 15) is 0 Å². The van der Waals surface area contributed by atoms with Gasteiger partial charge in [0.25, 0.3) is 0 Å². The molecule has 0 amide bonds. The Balaban J connectivity index is 2.34. The lowest BCUT2D eigenvalue weighted by Crippen LogP contribution is -2.38. The zero-order chi connectivity index (χ0) is 12.5. The molecule has 0 radical (unpaired) electrons. The van der Waals surface area contributed by atoms with Gasteiger partial charge in [0.05, 0.1) is 0 Å². The monoisotopic (exact) mass is 231 g/mol. The van der Waals surface area contributed by atoms with Crippen molar-refractivity contribution >= 4 is 0 Å². The van der Waals surface area contributed by atoms with E-state index in [1.54, 1.807) is 0 Å². The molecule has 1 saturated carbocycles. The molecular weight excluding hydrogens is 206 g/mol. The van der Waals surface area contributed by atoms with Crippen molar-refractivity contribution < 1.29 is 0 Å². The molecule has 0 unspecified atom stereocenters. The lowest BCUT2D eigenvalue weighted by Gasteiger charge is -2.39. The molecule has 0 heterocycles. The van der Waals surface area contributed by atoms with Crippen LogP contribution in [0.4, 0.5) is 0 Å². The molecule has 0 bridgehead atoms. The average molecular weight is 231 g/mol. The van der Waals surface area contributed by atoms with Crippen LogP contribution in [0.1, 0.15) is 49.3 Å². The molecule has 0 aromatic heterocycles. The summed E-state index contributed by atoms with van der Waals surface area (Å²) in [7, 11) is 0. The minimum absolute atomic E-state index is 0.253. The van der Waals surface area contributed by atoms with E-state index in [1.165, 1.54) is 42.4 Å². The van der Waals surface area contributed by atoms with Crippen LogP contribution >= 0.6 is 0 Å². The molecule has 1 aliphatic rings. The Morgan fingerprint density at radius 1 is 1.12 bits per heavy atom. The predicted molar refractivity (Wildman–Crippen MR) is 74.3 cm³/mol. The second-order valence-corrected chi connectivity index (χ2v) is 6.04. The van der Waals surface area contributed by atoms with Crippen molar-refractivity contribution in [3.05, 3.63) is 34.9 Å². The van der Waals surface area contributed by atoms with E-state index in [4.69, 9.17) is 5.73 Å². The molecule has 0 aliphatic heterocycles. The van der Waals surface area contributed by atoms with E-state index in [1.807, 2.05) is 0 Å². The highest BCUT2D eigenvalue weighted by molar-refractivity contribution is 5.35. The Hall–Kier alpha value is -0.820. The normalized spacial score (nSPS) is 29.3. The third kappa shape index (κ3) is 2.55. The van der Waals surface area contributed by atoms with Crippen LogP contribution in [-0.2, 0) is 5.41 Å². The van der Waals surface area contributed by atoms with E-state index in [2.05, 4.69) is 39.0 Å². The number of aryl methyl sites for hydroxylation is 2. The fourth-order valence-electron chi connectivity index (χ4n) is 3.21. The standard InChI is InChI=1S/C16H25N/c1-12-4-6-16(11-17,7-5-12)15-9-13(2)8-14(3)10-15/h8-10,12H,4-7,11,17H2,1-3H3. The smallest absolute Gasteiger partial charge is 0.00759 e. The zero-order valence-corrected chi connectivity index (χ0v) is 11.4. The Morgan fingerprint density at radius 3 is 2.12 bits per heavy atom. The van der Waals surface area contributed by atoms with Crippen molar-refractivity contribution in [2.75, 3.05) is 6.54 Å². The van der Waals surface area contributed by atoms with Crippen molar-refractivity contribution in [1.29, 1.82) is 0 Å². The van der Waals surface area contributed by atoms with Gasteiger partial charge in [0.2, 0.25) is 0 Å². The van der Waals surface area contributed by atoms with Gasteiger partial charge in [-0.15, -0.1) is 0 Å². The summed E-state index contributed by atoms with van der Waals surface area (Å²) in [5.74, 6) is 0.876. The lowest BCUT2D eigenvalue weighted by atomic mass is 9.66. The summed E-state index contributed by atoms with van der Waals surface area (Å²) in [4.78, 5) is 0. The van der Waals surface area contributed by atoms with Gasteiger partial charge < -0.3 is 5.73 Å². The van der Waals surface area contributed by atoms with Crippen LogP contribution in [0.15, 0.2) is 18.2 Å². The number of hydrogen-bond donors (Lipinski definition) is 1. The van der Waals surface area contributed by atoms with Gasteiger partial charge >= 0.3 is 0 Å². The van der Waals surface area contributed by atoms with Gasteiger partial charge in [0, 0.05) is 12.0 Å². The highest BCUT2D eigenvalue weighted by Gasteiger charge is 2.34. The molecule has 2 rings (SSSR count). The van der Waals surface area contributed by atoms with Gasteiger partial charge in [-0.1, -0.05) is 36.2 Å². The Morgan fingerprint density at radius 2 is 1.65 bits per heavy atom. The molecule has 2 N–H and O–H groups in total. The number of nitrogens with two attached hydrogens (primary N) is 1. The SMILES string of the molecule is Cc1cc(C)cc(C2(CN)CCC(C)CC2)c1. The van der Waals surface area contributed by atoms with Gasteiger partial charge in [-0.25, -0.2) is 0 Å². The first-order chi connectivity index (χ1) is 8.05. The summed E-state index contributed by atoms with van der Waals surface area (Å²) in [6, 6.07) is 6.94. The second kappa shape index (κ2) is 4.81. The average Bonchev–Trinajstić information content (AvgIpc) is 2.29. The molecule has 1 aromatic rings. The van der Waals surface area contributed by atoms with Gasteiger partial charge in [-0.2, -0.15) is 0 Å². The van der Waals surface area contributed by atoms with Gasteiger partial charge in [0.1, 0.15) is 0 Å². The van der Waals surface area contributed by atoms with Gasteiger partial charge in [-0.3, -0.25) is 0 Å². The largest absolute Gasteiger partial charge is 0.330 e. The molecule has 1 aliphatic carbocycles. The highest BCUT2D eigenvalue weighted by Crippen LogP contribution is 2.41. The topological polar surface area (TPSA) is 26.0 Å². The summed E-state index contributed by atoms with van der Waals surface area (Å²) >= 11 is 0. The van der Waals surface area contributed by atoms with Crippen LogP contribution in [0.25, 0.3) is 0 Å². The van der Waals surface area contributed by atoms with Crippen LogP contribution in [0.2, 0.25) is 0 Å². The van der Waals surface area contributed by atoms with E-state index < -0.39 is 0 Å². The summed E-state index contributed by atoms with van der Waals surface area (Å²) in [5, 5.41) is 0. The van der Waals surface area contributed by atoms with Gasteiger partial charge in [0.15, 0.2) is 0 Å². The fourth-order valence-corrected chi connectivity index (χ4v) is 3.21. The van der Waals surface area contributed by atoms with Crippen molar-refractivity contribution in [2.45, 2.75) is 51.9 Å². The number of rotatable bonds is 2. The van der Waals surface area contributed by atoms with Crippen molar-refractivity contribution in [2.24, 2.45) is 11.7 Å². The van der Waals surface area contributed by atoms with E-state index in [-0.39, 0.29) is 5.41 Å². The molecule has 0 saturated heterocycles. The third-order valence-corrected chi connectivity index (χ3v) is 4.46. The lowest BCUT2D eigenvalue weighted by molar-refractivity contribution is 0.247. The summed E-state index contributed by atoms with van der Waals surface area (Å²) < 4.78 is 0. The molecule has 1 nitrogen and oxygen atoms in total. The van der Waals surface area contributed by atoms with Crippen molar-refractivity contribution in [3.8, 4) is 0 Å². The zero-order valence-electron chi connectivity index (χ0n) is 11.4. The second-order valence-electron chi connectivity index (χ2n) is 6.04. The molecule has 17 heavy (non-hydrogen) atoms. The first kappa shape index (κ1) is 12.6. The maximum atomic E-state index is 6.12. The van der Waals surface area contributed by atoms with E-state index in [0.29, 0.717) is 0 Å². The first-order valence-corrected chi connectivity index (χ1v) is 6.84. The van der Waals surface area contributed by atoms with Crippen LogP contribution in [-0.4, -0.2) is 6.54 Å². The van der Waals surface area contributed by atoms with Crippen molar-refractivity contribution in [3.63, 3.8) is 0 Å². The van der Waals surface area contributed by atoms with E-state index >= 15 is 0 Å². The molecule has 1 heteroatoms. The summed E-state index contributed by atoms with van der Waals surface area (Å²) in [6.07, 6.45) is 5.16. The van der Waals surface area contributed by atoms with Gasteiger partial charge in [-0.05, 0) is 51.0 Å². The first-order valence-electron chi connectivity index (χ1n) is 6.84. The third-order valence-electron chi connectivity index (χ3n) is 4.46. The van der Waals surface area contributed by atoms with E-state index in [0.717, 1.165) is 12.5 Å². The Bertz CT molecular complexity index is 366. The maximum Gasteiger partial charge on any atom is 0.00759 e. The minimum atomic E-state index is 0.253. The quantitative estimate of drug-likeness (QED) is 0.825. The van der Waals surface area contributed by atoms with Crippen LogP contribution in [0, 0.1) is 19.8 Å². The fraction of sp³-hybridized carbons (Fsp3) is 0.625. The molecule has 1 fully saturated rings. The molecule has 0 spiro atoms. The molecule has 1 aromatic carbocycles. The maximum absolute atomic E-state index is 6.12.